The Bertz CT molecular complexity index is 392. The van der Waals surface area contributed by atoms with Crippen molar-refractivity contribution in [3.63, 3.8) is 0 Å². The largest absolute Gasteiger partial charge is 0.382 e. The first kappa shape index (κ1) is 9.44. The van der Waals surface area contributed by atoms with Crippen LogP contribution in [-0.4, -0.2) is 20.2 Å². The van der Waals surface area contributed by atoms with Gasteiger partial charge in [0.05, 0.1) is 5.69 Å². The number of fused-ring (bicyclic) bond motifs is 1. The Morgan fingerprint density at radius 2 is 1.92 bits per heavy atom. The minimum atomic E-state index is 0.416. The van der Waals surface area contributed by atoms with Crippen molar-refractivity contribution in [3.8, 4) is 0 Å². The molecule has 2 rings (SSSR count). The standard InChI is InChI=1S/C6H7N5.C2H6/c1-3-4-5(11-10-3)6(7)9-2-8-4;1-2/h2H,1H3,(H,10,11)(H2,7,8,9);1-2H3. The van der Waals surface area contributed by atoms with Crippen molar-refractivity contribution >= 4 is 16.9 Å². The van der Waals surface area contributed by atoms with E-state index in [-0.39, 0.29) is 0 Å². The maximum atomic E-state index is 5.54. The van der Waals surface area contributed by atoms with E-state index in [1.54, 1.807) is 0 Å². The van der Waals surface area contributed by atoms with Crippen molar-refractivity contribution in [1.29, 1.82) is 0 Å². The fourth-order valence-corrected chi connectivity index (χ4v) is 0.970. The summed E-state index contributed by atoms with van der Waals surface area (Å²) >= 11 is 0. The molecule has 13 heavy (non-hydrogen) atoms. The average molecular weight is 179 g/mol. The van der Waals surface area contributed by atoms with Crippen LogP contribution in [0, 0.1) is 6.92 Å². The number of aromatic amines is 1. The van der Waals surface area contributed by atoms with Crippen LogP contribution >= 0.6 is 0 Å². The summed E-state index contributed by atoms with van der Waals surface area (Å²) in [5, 5.41) is 6.73. The summed E-state index contributed by atoms with van der Waals surface area (Å²) in [7, 11) is 0. The number of nitrogens with one attached hydrogen (secondary N) is 1. The summed E-state index contributed by atoms with van der Waals surface area (Å²) in [6.45, 7) is 5.89. The molecule has 0 saturated carbocycles. The topological polar surface area (TPSA) is 80.5 Å². The second-order valence-corrected chi connectivity index (χ2v) is 2.30. The zero-order chi connectivity index (χ0) is 9.84. The van der Waals surface area contributed by atoms with Crippen LogP contribution < -0.4 is 5.73 Å². The predicted molar refractivity (Wildman–Crippen MR) is 52.2 cm³/mol. The van der Waals surface area contributed by atoms with Gasteiger partial charge in [-0.05, 0) is 6.92 Å². The lowest BCUT2D eigenvalue weighted by atomic mass is 10.3. The summed E-state index contributed by atoms with van der Waals surface area (Å²) in [6.07, 6.45) is 1.43. The van der Waals surface area contributed by atoms with E-state index >= 15 is 0 Å². The van der Waals surface area contributed by atoms with Crippen LogP contribution in [0.25, 0.3) is 11.0 Å². The zero-order valence-electron chi connectivity index (χ0n) is 8.00. The van der Waals surface area contributed by atoms with E-state index in [4.69, 9.17) is 5.73 Å². The molecule has 0 aliphatic rings. The van der Waals surface area contributed by atoms with E-state index in [2.05, 4.69) is 20.2 Å². The monoisotopic (exact) mass is 179 g/mol. The van der Waals surface area contributed by atoms with E-state index in [0.29, 0.717) is 11.3 Å². The number of nitrogens with zero attached hydrogens (tertiary/aromatic N) is 3. The zero-order valence-corrected chi connectivity index (χ0v) is 8.00. The second kappa shape index (κ2) is 3.84. The van der Waals surface area contributed by atoms with E-state index < -0.39 is 0 Å². The smallest absolute Gasteiger partial charge is 0.155 e. The fraction of sp³-hybridized carbons (Fsp3) is 0.375. The third-order valence-electron chi connectivity index (χ3n) is 1.54. The highest BCUT2D eigenvalue weighted by Gasteiger charge is 2.04. The van der Waals surface area contributed by atoms with Gasteiger partial charge < -0.3 is 5.73 Å². The van der Waals surface area contributed by atoms with E-state index in [9.17, 15) is 0 Å². The Morgan fingerprint density at radius 3 is 2.54 bits per heavy atom. The minimum Gasteiger partial charge on any atom is -0.382 e. The second-order valence-electron chi connectivity index (χ2n) is 2.30. The first-order valence-electron chi connectivity index (χ1n) is 4.20. The lowest BCUT2D eigenvalue weighted by Gasteiger charge is -1.90. The Hall–Kier alpha value is -1.65. The minimum absolute atomic E-state index is 0.416. The number of nitrogen functional groups attached to an aromatic ring is 1. The molecule has 0 spiro atoms. The van der Waals surface area contributed by atoms with Crippen molar-refractivity contribution < 1.29 is 0 Å². The van der Waals surface area contributed by atoms with Crippen LogP contribution in [-0.2, 0) is 0 Å². The van der Waals surface area contributed by atoms with E-state index in [1.807, 2.05) is 20.8 Å². The van der Waals surface area contributed by atoms with Crippen LogP contribution in [0.4, 0.5) is 5.82 Å². The molecule has 2 aromatic rings. The van der Waals surface area contributed by atoms with Gasteiger partial charge in [-0.15, -0.1) is 0 Å². The molecule has 0 radical (unpaired) electrons. The lowest BCUT2D eigenvalue weighted by molar-refractivity contribution is 1.07. The molecule has 0 aromatic carbocycles. The molecule has 70 valence electrons. The molecule has 2 heterocycles. The highest BCUT2D eigenvalue weighted by Crippen LogP contribution is 2.14. The number of aryl methyl sites for hydroxylation is 1. The van der Waals surface area contributed by atoms with Crippen LogP contribution in [0.1, 0.15) is 19.5 Å². The van der Waals surface area contributed by atoms with Gasteiger partial charge in [-0.2, -0.15) is 5.10 Å². The number of rotatable bonds is 0. The van der Waals surface area contributed by atoms with Crippen LogP contribution in [0.5, 0.6) is 0 Å². The van der Waals surface area contributed by atoms with Crippen molar-refractivity contribution in [3.05, 3.63) is 12.0 Å². The van der Waals surface area contributed by atoms with Gasteiger partial charge in [-0.3, -0.25) is 5.10 Å². The van der Waals surface area contributed by atoms with Gasteiger partial charge in [-0.1, -0.05) is 13.8 Å². The molecule has 0 unspecified atom stereocenters. The highest BCUT2D eigenvalue weighted by molar-refractivity contribution is 5.85. The number of H-pyrrole nitrogens is 1. The number of nitrogens with two attached hydrogens (primary N) is 1. The average Bonchev–Trinajstić information content (AvgIpc) is 2.53. The third-order valence-corrected chi connectivity index (χ3v) is 1.54. The highest BCUT2D eigenvalue weighted by atomic mass is 15.1. The Kier molecular flexibility index (Phi) is 2.79. The summed E-state index contributed by atoms with van der Waals surface area (Å²) in [5.41, 5.74) is 7.88. The molecule has 0 aliphatic carbocycles. The van der Waals surface area contributed by atoms with Gasteiger partial charge in [-0.25, -0.2) is 9.97 Å². The van der Waals surface area contributed by atoms with Gasteiger partial charge in [0.15, 0.2) is 11.3 Å². The van der Waals surface area contributed by atoms with Crippen LogP contribution in [0.3, 0.4) is 0 Å². The molecule has 2 aromatic heterocycles. The maximum absolute atomic E-state index is 5.54. The molecule has 0 amide bonds. The van der Waals surface area contributed by atoms with Gasteiger partial charge in [0, 0.05) is 0 Å². The molecule has 5 heteroatoms. The number of hydrogen-bond donors (Lipinski definition) is 2. The van der Waals surface area contributed by atoms with E-state index in [1.165, 1.54) is 6.33 Å². The molecule has 0 atom stereocenters. The Morgan fingerprint density at radius 1 is 1.23 bits per heavy atom. The Balaban J connectivity index is 0.000000396. The number of anilines is 1. The van der Waals surface area contributed by atoms with Crippen molar-refractivity contribution in [1.82, 2.24) is 20.2 Å². The predicted octanol–water partition coefficient (Wildman–Crippen LogP) is 1.27. The first-order valence-corrected chi connectivity index (χ1v) is 4.20. The molecule has 0 saturated heterocycles. The summed E-state index contributed by atoms with van der Waals surface area (Å²) in [4.78, 5) is 7.82. The summed E-state index contributed by atoms with van der Waals surface area (Å²) in [5.74, 6) is 0.416. The molecular weight excluding hydrogens is 166 g/mol. The van der Waals surface area contributed by atoms with Gasteiger partial charge in [0.25, 0.3) is 0 Å². The van der Waals surface area contributed by atoms with Gasteiger partial charge >= 0.3 is 0 Å². The van der Waals surface area contributed by atoms with Crippen molar-refractivity contribution in [2.24, 2.45) is 0 Å². The molecule has 3 N–H and O–H groups in total. The summed E-state index contributed by atoms with van der Waals surface area (Å²) < 4.78 is 0. The van der Waals surface area contributed by atoms with E-state index in [0.717, 1.165) is 11.2 Å². The molecule has 0 fully saturated rings. The molecule has 0 aliphatic heterocycles. The molecule has 5 nitrogen and oxygen atoms in total. The molecular formula is C8H13N5. The SMILES string of the molecule is CC.Cc1[nH]nc2c(N)ncnc12. The maximum Gasteiger partial charge on any atom is 0.155 e. The van der Waals surface area contributed by atoms with Crippen molar-refractivity contribution in [2.75, 3.05) is 5.73 Å². The Labute approximate surface area is 76.4 Å². The fourth-order valence-electron chi connectivity index (χ4n) is 0.970. The number of hydrogen-bond acceptors (Lipinski definition) is 4. The third kappa shape index (κ3) is 1.58. The first-order chi connectivity index (χ1) is 6.29. The lowest BCUT2D eigenvalue weighted by Crippen LogP contribution is -1.91. The van der Waals surface area contributed by atoms with Gasteiger partial charge in [0.2, 0.25) is 0 Å². The quantitative estimate of drug-likeness (QED) is 0.638. The summed E-state index contributed by atoms with van der Waals surface area (Å²) in [6, 6.07) is 0. The normalized spacial score (nSPS) is 9.46. The van der Waals surface area contributed by atoms with Crippen LogP contribution in [0.15, 0.2) is 6.33 Å². The van der Waals surface area contributed by atoms with Crippen molar-refractivity contribution in [2.45, 2.75) is 20.8 Å². The van der Waals surface area contributed by atoms with Crippen LogP contribution in [0.2, 0.25) is 0 Å². The number of aromatic nitrogens is 4. The van der Waals surface area contributed by atoms with Gasteiger partial charge in [0.1, 0.15) is 11.8 Å². The molecule has 0 bridgehead atoms.